The number of hydrazine groups is 1. The van der Waals surface area contributed by atoms with Gasteiger partial charge in [-0.05, 0) is 59.3 Å². The van der Waals surface area contributed by atoms with E-state index in [1.807, 2.05) is 20.8 Å². The molecule has 3 aliphatic rings. The average molecular weight is 467 g/mol. The highest BCUT2D eigenvalue weighted by Crippen LogP contribution is 2.32. The number of hydrogen-bond donors (Lipinski definition) is 5. The van der Waals surface area contributed by atoms with Gasteiger partial charge in [-0.1, -0.05) is 0 Å². The number of guanidine groups is 1. The zero-order valence-corrected chi connectivity index (χ0v) is 18.9. The summed E-state index contributed by atoms with van der Waals surface area (Å²) in [5.41, 5.74) is 5.78. The van der Waals surface area contributed by atoms with Gasteiger partial charge in [0.25, 0.3) is 0 Å². The molecule has 0 radical (unpaired) electrons. The summed E-state index contributed by atoms with van der Waals surface area (Å²) in [4.78, 5) is 17.2. The topological polar surface area (TPSA) is 98.8 Å². The van der Waals surface area contributed by atoms with E-state index in [9.17, 15) is 22.4 Å². The van der Waals surface area contributed by atoms with Crippen molar-refractivity contribution in [3.8, 4) is 0 Å². The number of carbonyl (C=O) groups is 1. The Kier molecular flexibility index (Phi) is 7.68. The highest BCUT2D eigenvalue weighted by atomic mass is 19.4. The summed E-state index contributed by atoms with van der Waals surface area (Å²) in [5.74, 6) is -0.467. The lowest BCUT2D eigenvalue weighted by molar-refractivity contribution is -0.216. The van der Waals surface area contributed by atoms with E-state index < -0.39 is 48.3 Å². The predicted molar refractivity (Wildman–Crippen MR) is 111 cm³/mol. The van der Waals surface area contributed by atoms with Crippen molar-refractivity contribution < 1.29 is 27.1 Å². The first kappa shape index (κ1) is 25.1. The molecule has 5 N–H and O–H groups in total. The van der Waals surface area contributed by atoms with Crippen LogP contribution < -0.4 is 26.8 Å². The van der Waals surface area contributed by atoms with E-state index in [1.165, 1.54) is 6.92 Å². The van der Waals surface area contributed by atoms with Crippen LogP contribution in [0.15, 0.2) is 4.99 Å². The number of carbonyl (C=O) groups excluding carboxylic acids is 1. The first-order chi connectivity index (χ1) is 14.8. The SMILES string of the molecule is CC1NC(C(=O)N/C(=N/C2CC(C3CCC(F)CC3)NN2)NC(C)(C)C)C(C(F)(F)F)O1. The molecular formula is C20H34F4N6O2. The molecule has 2 aliphatic heterocycles. The van der Waals surface area contributed by atoms with Crippen LogP contribution in [0.5, 0.6) is 0 Å². The average Bonchev–Trinajstić information content (AvgIpc) is 3.27. The molecular weight excluding hydrogens is 432 g/mol. The van der Waals surface area contributed by atoms with Gasteiger partial charge in [-0.3, -0.25) is 20.9 Å². The Balaban J connectivity index is 1.67. The summed E-state index contributed by atoms with van der Waals surface area (Å²) < 4.78 is 58.2. The Morgan fingerprint density at radius 2 is 1.75 bits per heavy atom. The minimum atomic E-state index is -4.68. The number of nitrogens with zero attached hydrogens (tertiary/aromatic N) is 1. The predicted octanol–water partition coefficient (Wildman–Crippen LogP) is 1.83. The summed E-state index contributed by atoms with van der Waals surface area (Å²) in [6.45, 7) is 6.97. The second kappa shape index (κ2) is 9.78. The van der Waals surface area contributed by atoms with Crippen molar-refractivity contribution in [2.24, 2.45) is 10.9 Å². The number of rotatable bonds is 3. The van der Waals surface area contributed by atoms with E-state index in [1.54, 1.807) is 0 Å². The quantitative estimate of drug-likeness (QED) is 0.247. The molecule has 8 nitrogen and oxygen atoms in total. The first-order valence-electron chi connectivity index (χ1n) is 11.1. The number of alkyl halides is 4. The van der Waals surface area contributed by atoms with Gasteiger partial charge in [0.2, 0.25) is 5.91 Å². The van der Waals surface area contributed by atoms with E-state index in [-0.39, 0.29) is 12.0 Å². The monoisotopic (exact) mass is 466 g/mol. The van der Waals surface area contributed by atoms with Crippen LogP contribution in [0.4, 0.5) is 17.6 Å². The van der Waals surface area contributed by atoms with Crippen molar-refractivity contribution in [2.75, 3.05) is 0 Å². The lowest BCUT2D eigenvalue weighted by Crippen LogP contribution is -2.57. The minimum absolute atomic E-state index is 0.0807. The van der Waals surface area contributed by atoms with Crippen molar-refractivity contribution in [2.45, 2.75) is 108 Å². The first-order valence-corrected chi connectivity index (χ1v) is 11.1. The largest absolute Gasteiger partial charge is 0.416 e. The molecule has 3 fully saturated rings. The molecule has 2 heterocycles. The zero-order valence-electron chi connectivity index (χ0n) is 18.9. The Bertz CT molecular complexity index is 691. The number of halogens is 4. The summed E-state index contributed by atoms with van der Waals surface area (Å²) in [6, 6.07) is -1.47. The Hall–Kier alpha value is -1.50. The molecule has 0 spiro atoms. The van der Waals surface area contributed by atoms with Crippen LogP contribution >= 0.6 is 0 Å². The van der Waals surface area contributed by atoms with Crippen LogP contribution in [-0.4, -0.2) is 60.3 Å². The third-order valence-electron chi connectivity index (χ3n) is 5.88. The second-order valence-electron chi connectivity index (χ2n) is 9.89. The molecule has 1 amide bonds. The van der Waals surface area contributed by atoms with Gasteiger partial charge in [-0.15, -0.1) is 0 Å². The fraction of sp³-hybridized carbons (Fsp3) is 0.900. The van der Waals surface area contributed by atoms with Crippen molar-refractivity contribution in [1.82, 2.24) is 26.8 Å². The van der Waals surface area contributed by atoms with E-state index in [2.05, 4.69) is 31.8 Å². The van der Waals surface area contributed by atoms with E-state index in [0.29, 0.717) is 25.2 Å². The summed E-state index contributed by atoms with van der Waals surface area (Å²) in [6.07, 6.45) is -5.63. The van der Waals surface area contributed by atoms with Gasteiger partial charge < -0.3 is 10.1 Å². The molecule has 1 aliphatic carbocycles. The summed E-state index contributed by atoms with van der Waals surface area (Å²) >= 11 is 0. The molecule has 0 aromatic carbocycles. The maximum atomic E-state index is 13.4. The standard InChI is InChI=1S/C20H34F4N6O2/c1-10-25-15(16(32-10)20(22,23)24)17(31)27-18(28-19(2,3)4)26-14-9-13(29-30-14)11-5-7-12(21)8-6-11/h10-16,25,29-30H,5-9H2,1-4H3,(H2,26,27,28,31). The molecule has 0 aromatic rings. The van der Waals surface area contributed by atoms with Crippen molar-refractivity contribution in [3.63, 3.8) is 0 Å². The fourth-order valence-electron chi connectivity index (χ4n) is 4.40. The number of amides is 1. The zero-order chi connectivity index (χ0) is 23.7. The summed E-state index contributed by atoms with van der Waals surface area (Å²) in [7, 11) is 0. The maximum Gasteiger partial charge on any atom is 0.416 e. The van der Waals surface area contributed by atoms with E-state index in [0.717, 1.165) is 12.8 Å². The van der Waals surface area contributed by atoms with Crippen LogP contribution in [0.1, 0.15) is 59.8 Å². The van der Waals surface area contributed by atoms with Crippen molar-refractivity contribution in [3.05, 3.63) is 0 Å². The maximum absolute atomic E-state index is 13.4. The summed E-state index contributed by atoms with van der Waals surface area (Å²) in [5, 5.41) is 8.09. The highest BCUT2D eigenvalue weighted by Gasteiger charge is 2.53. The van der Waals surface area contributed by atoms with Gasteiger partial charge in [0.15, 0.2) is 12.1 Å². The third-order valence-corrected chi connectivity index (χ3v) is 5.88. The van der Waals surface area contributed by atoms with Gasteiger partial charge in [0, 0.05) is 18.0 Å². The fourth-order valence-corrected chi connectivity index (χ4v) is 4.40. The Morgan fingerprint density at radius 3 is 2.34 bits per heavy atom. The van der Waals surface area contributed by atoms with Crippen LogP contribution in [0.2, 0.25) is 0 Å². The molecule has 1 saturated carbocycles. The van der Waals surface area contributed by atoms with E-state index in [4.69, 9.17) is 4.74 Å². The Morgan fingerprint density at radius 1 is 1.09 bits per heavy atom. The van der Waals surface area contributed by atoms with Gasteiger partial charge in [-0.2, -0.15) is 13.2 Å². The lowest BCUT2D eigenvalue weighted by atomic mass is 9.82. The smallest absolute Gasteiger partial charge is 0.351 e. The third kappa shape index (κ3) is 6.75. The van der Waals surface area contributed by atoms with Crippen molar-refractivity contribution in [1.29, 1.82) is 0 Å². The number of ether oxygens (including phenoxy) is 1. The molecule has 5 unspecified atom stereocenters. The molecule has 184 valence electrons. The van der Waals surface area contributed by atoms with Crippen LogP contribution in [-0.2, 0) is 9.53 Å². The van der Waals surface area contributed by atoms with Crippen LogP contribution in [0, 0.1) is 5.92 Å². The Labute approximate surface area is 185 Å². The highest BCUT2D eigenvalue weighted by molar-refractivity contribution is 6.00. The minimum Gasteiger partial charge on any atom is -0.351 e. The molecule has 5 atom stereocenters. The van der Waals surface area contributed by atoms with Crippen molar-refractivity contribution >= 4 is 11.9 Å². The number of nitrogens with one attached hydrogen (secondary N) is 5. The molecule has 2 saturated heterocycles. The van der Waals surface area contributed by atoms with Gasteiger partial charge >= 0.3 is 6.18 Å². The lowest BCUT2D eigenvalue weighted by Gasteiger charge is -2.28. The second-order valence-corrected chi connectivity index (χ2v) is 9.89. The van der Waals surface area contributed by atoms with E-state index >= 15 is 0 Å². The van der Waals surface area contributed by atoms with Gasteiger partial charge in [0.05, 0.1) is 0 Å². The van der Waals surface area contributed by atoms with Gasteiger partial charge in [0.1, 0.15) is 24.6 Å². The number of aliphatic imine (C=N–C) groups is 1. The molecule has 0 aromatic heterocycles. The molecule has 12 heteroatoms. The number of hydrogen-bond acceptors (Lipinski definition) is 6. The normalized spacial score (nSPS) is 36.9. The molecule has 32 heavy (non-hydrogen) atoms. The van der Waals surface area contributed by atoms with Crippen LogP contribution in [0.25, 0.3) is 0 Å². The van der Waals surface area contributed by atoms with Crippen LogP contribution in [0.3, 0.4) is 0 Å². The molecule has 3 rings (SSSR count). The van der Waals surface area contributed by atoms with Gasteiger partial charge in [-0.25, -0.2) is 14.8 Å². The molecule has 0 bridgehead atoms.